The zero-order chi connectivity index (χ0) is 19.3. The number of nitrogens with zero attached hydrogens (tertiary/aromatic N) is 2. The average molecular weight is 413 g/mol. The molecule has 144 valence electrons. The summed E-state index contributed by atoms with van der Waals surface area (Å²) in [5.41, 5.74) is 2.11. The van der Waals surface area contributed by atoms with Gasteiger partial charge in [0.2, 0.25) is 5.91 Å². The first-order chi connectivity index (χ1) is 13.7. The molecule has 8 heteroatoms. The molecule has 0 spiro atoms. The Bertz CT molecular complexity index is 954. The van der Waals surface area contributed by atoms with Gasteiger partial charge in [-0.2, -0.15) is 0 Å². The molecule has 0 saturated carbocycles. The van der Waals surface area contributed by atoms with E-state index in [1.165, 1.54) is 22.7 Å². The van der Waals surface area contributed by atoms with Crippen LogP contribution in [0, 0.1) is 0 Å². The predicted molar refractivity (Wildman–Crippen MR) is 112 cm³/mol. The van der Waals surface area contributed by atoms with Gasteiger partial charge in [0.25, 0.3) is 5.91 Å². The molecule has 28 heavy (non-hydrogen) atoms. The summed E-state index contributed by atoms with van der Waals surface area (Å²) < 4.78 is 0. The van der Waals surface area contributed by atoms with Crippen LogP contribution in [-0.2, 0) is 24.3 Å². The number of amides is 2. The van der Waals surface area contributed by atoms with Gasteiger partial charge in [-0.25, -0.2) is 4.98 Å². The van der Waals surface area contributed by atoms with Crippen LogP contribution >= 0.6 is 22.7 Å². The third kappa shape index (κ3) is 4.64. The standard InChI is InChI=1S/C20H20N4O2S2/c25-18(21-11-14-5-2-1-3-6-14)13-24-9-8-15-17(12-24)28-20(22-15)23-19(26)16-7-4-10-27-16/h1-7,10H,8-9,11-13H2,(H,21,25)(H,22,23,26). The van der Waals surface area contributed by atoms with Gasteiger partial charge in [-0.15, -0.1) is 22.7 Å². The number of thiazole rings is 1. The molecule has 6 nitrogen and oxygen atoms in total. The second kappa shape index (κ2) is 8.64. The van der Waals surface area contributed by atoms with E-state index >= 15 is 0 Å². The first-order valence-electron chi connectivity index (χ1n) is 9.04. The molecule has 0 saturated heterocycles. The smallest absolute Gasteiger partial charge is 0.267 e. The highest BCUT2D eigenvalue weighted by molar-refractivity contribution is 7.16. The Balaban J connectivity index is 1.30. The maximum atomic E-state index is 12.3. The van der Waals surface area contributed by atoms with Crippen LogP contribution in [0.4, 0.5) is 5.13 Å². The maximum Gasteiger partial charge on any atom is 0.267 e. The molecule has 0 fully saturated rings. The van der Waals surface area contributed by atoms with Crippen LogP contribution in [-0.4, -0.2) is 34.8 Å². The summed E-state index contributed by atoms with van der Waals surface area (Å²) in [5, 5.41) is 8.35. The van der Waals surface area contributed by atoms with E-state index in [4.69, 9.17) is 0 Å². The maximum absolute atomic E-state index is 12.3. The minimum Gasteiger partial charge on any atom is -0.351 e. The Morgan fingerprint density at radius 3 is 2.79 bits per heavy atom. The predicted octanol–water partition coefficient (Wildman–Crippen LogP) is 3.13. The summed E-state index contributed by atoms with van der Waals surface area (Å²) in [5.74, 6) is -0.110. The fourth-order valence-corrected chi connectivity index (χ4v) is 4.72. The van der Waals surface area contributed by atoms with Crippen molar-refractivity contribution in [3.8, 4) is 0 Å². The molecule has 0 radical (unpaired) electrons. The van der Waals surface area contributed by atoms with Crippen molar-refractivity contribution in [3.63, 3.8) is 0 Å². The average Bonchev–Trinajstić information content (AvgIpc) is 3.36. The first kappa shape index (κ1) is 18.8. The van der Waals surface area contributed by atoms with Crippen molar-refractivity contribution in [2.75, 3.05) is 18.4 Å². The molecule has 3 heterocycles. The number of anilines is 1. The quantitative estimate of drug-likeness (QED) is 0.652. The van der Waals surface area contributed by atoms with Crippen molar-refractivity contribution in [3.05, 3.63) is 68.9 Å². The molecular formula is C20H20N4O2S2. The molecule has 2 N–H and O–H groups in total. The second-order valence-corrected chi connectivity index (χ2v) is 8.57. The molecule has 1 aliphatic rings. The van der Waals surface area contributed by atoms with Gasteiger partial charge in [-0.05, 0) is 17.0 Å². The third-order valence-corrected chi connectivity index (χ3v) is 6.34. The van der Waals surface area contributed by atoms with E-state index in [-0.39, 0.29) is 11.8 Å². The number of hydrogen-bond acceptors (Lipinski definition) is 6. The molecule has 0 bridgehead atoms. The van der Waals surface area contributed by atoms with Crippen LogP contribution in [0.25, 0.3) is 0 Å². The van der Waals surface area contributed by atoms with E-state index in [9.17, 15) is 9.59 Å². The zero-order valence-electron chi connectivity index (χ0n) is 15.2. The number of carbonyl (C=O) groups excluding carboxylic acids is 2. The fourth-order valence-electron chi connectivity index (χ4n) is 3.06. The molecule has 1 aliphatic heterocycles. The van der Waals surface area contributed by atoms with Crippen molar-refractivity contribution in [2.45, 2.75) is 19.5 Å². The lowest BCUT2D eigenvalue weighted by molar-refractivity contribution is -0.122. The summed E-state index contributed by atoms with van der Waals surface area (Å²) in [6, 6.07) is 13.5. The summed E-state index contributed by atoms with van der Waals surface area (Å²) in [6.45, 7) is 2.37. The number of aromatic nitrogens is 1. The number of fused-ring (bicyclic) bond motifs is 1. The van der Waals surface area contributed by atoms with Gasteiger partial charge < -0.3 is 5.32 Å². The van der Waals surface area contributed by atoms with Crippen molar-refractivity contribution in [2.24, 2.45) is 0 Å². The number of benzene rings is 1. The molecule has 0 unspecified atom stereocenters. The Morgan fingerprint density at radius 2 is 2.00 bits per heavy atom. The molecular weight excluding hydrogens is 392 g/mol. The Kier molecular flexibility index (Phi) is 5.80. The largest absolute Gasteiger partial charge is 0.351 e. The van der Waals surface area contributed by atoms with Crippen LogP contribution in [0.5, 0.6) is 0 Å². The van der Waals surface area contributed by atoms with Gasteiger partial charge in [-0.1, -0.05) is 36.4 Å². The normalized spacial score (nSPS) is 13.7. The molecule has 0 atom stereocenters. The Hall–Kier alpha value is -2.55. The number of carbonyl (C=O) groups is 2. The monoisotopic (exact) mass is 412 g/mol. The second-order valence-electron chi connectivity index (χ2n) is 6.54. The van der Waals surface area contributed by atoms with Crippen molar-refractivity contribution < 1.29 is 9.59 Å². The molecule has 3 aromatic rings. The highest BCUT2D eigenvalue weighted by Gasteiger charge is 2.23. The van der Waals surface area contributed by atoms with Gasteiger partial charge in [0.15, 0.2) is 5.13 Å². The number of hydrogen-bond donors (Lipinski definition) is 2. The molecule has 4 rings (SSSR count). The van der Waals surface area contributed by atoms with Crippen molar-refractivity contribution in [1.82, 2.24) is 15.2 Å². The summed E-state index contributed by atoms with van der Waals surface area (Å²) in [7, 11) is 0. The highest BCUT2D eigenvalue weighted by atomic mass is 32.1. The van der Waals surface area contributed by atoms with Gasteiger partial charge in [0.05, 0.1) is 17.1 Å². The van der Waals surface area contributed by atoms with Crippen LogP contribution in [0.1, 0.15) is 25.8 Å². The first-order valence-corrected chi connectivity index (χ1v) is 10.7. The van der Waals surface area contributed by atoms with E-state index < -0.39 is 0 Å². The lowest BCUT2D eigenvalue weighted by Crippen LogP contribution is -2.39. The van der Waals surface area contributed by atoms with E-state index in [2.05, 4.69) is 20.5 Å². The topological polar surface area (TPSA) is 74.3 Å². The van der Waals surface area contributed by atoms with E-state index in [1.807, 2.05) is 41.8 Å². The lowest BCUT2D eigenvalue weighted by Gasteiger charge is -2.25. The summed E-state index contributed by atoms with van der Waals surface area (Å²) >= 11 is 2.90. The summed E-state index contributed by atoms with van der Waals surface area (Å²) in [4.78, 5) is 32.9. The minimum absolute atomic E-state index is 0.0167. The van der Waals surface area contributed by atoms with Gasteiger partial charge in [-0.3, -0.25) is 19.8 Å². The van der Waals surface area contributed by atoms with E-state index in [1.54, 1.807) is 6.07 Å². The van der Waals surface area contributed by atoms with Crippen LogP contribution in [0.15, 0.2) is 47.8 Å². The van der Waals surface area contributed by atoms with Gasteiger partial charge in [0, 0.05) is 30.9 Å². The number of nitrogens with one attached hydrogen (secondary N) is 2. The molecule has 2 amide bonds. The SMILES string of the molecule is O=C(CN1CCc2nc(NC(=O)c3cccs3)sc2C1)NCc1ccccc1. The van der Waals surface area contributed by atoms with Gasteiger partial charge in [0.1, 0.15) is 0 Å². The fraction of sp³-hybridized carbons (Fsp3) is 0.250. The Morgan fingerprint density at radius 1 is 1.14 bits per heavy atom. The van der Waals surface area contributed by atoms with Gasteiger partial charge >= 0.3 is 0 Å². The van der Waals surface area contributed by atoms with Crippen LogP contribution in [0.3, 0.4) is 0 Å². The molecule has 1 aromatic carbocycles. The van der Waals surface area contributed by atoms with E-state index in [0.717, 1.165) is 29.1 Å². The third-order valence-electron chi connectivity index (χ3n) is 4.48. The van der Waals surface area contributed by atoms with Crippen LogP contribution < -0.4 is 10.6 Å². The van der Waals surface area contributed by atoms with Crippen molar-refractivity contribution >= 4 is 39.6 Å². The number of thiophene rings is 1. The Labute approximate surface area is 171 Å². The highest BCUT2D eigenvalue weighted by Crippen LogP contribution is 2.28. The zero-order valence-corrected chi connectivity index (χ0v) is 16.8. The number of rotatable bonds is 6. The minimum atomic E-state index is -0.127. The van der Waals surface area contributed by atoms with Crippen molar-refractivity contribution in [1.29, 1.82) is 0 Å². The van der Waals surface area contributed by atoms with Crippen LogP contribution in [0.2, 0.25) is 0 Å². The lowest BCUT2D eigenvalue weighted by atomic mass is 10.2. The molecule has 2 aromatic heterocycles. The summed E-state index contributed by atoms with van der Waals surface area (Å²) in [6.07, 6.45) is 0.784. The molecule has 0 aliphatic carbocycles. The van der Waals surface area contributed by atoms with E-state index in [0.29, 0.717) is 29.6 Å².